The van der Waals surface area contributed by atoms with Gasteiger partial charge in [-0.15, -0.1) is 0 Å². The summed E-state index contributed by atoms with van der Waals surface area (Å²) >= 11 is 0. The Bertz CT molecular complexity index is 534. The highest BCUT2D eigenvalue weighted by Crippen LogP contribution is 2.19. The minimum atomic E-state index is -0.118. The van der Waals surface area contributed by atoms with Gasteiger partial charge in [0.05, 0.1) is 24.1 Å². The van der Waals surface area contributed by atoms with Gasteiger partial charge in [-0.3, -0.25) is 4.79 Å². The van der Waals surface area contributed by atoms with E-state index in [0.717, 1.165) is 29.8 Å². The fourth-order valence-electron chi connectivity index (χ4n) is 2.10. The van der Waals surface area contributed by atoms with Gasteiger partial charge >= 0.3 is 0 Å². The molecule has 0 saturated carbocycles. The zero-order chi connectivity index (χ0) is 14.4. The van der Waals surface area contributed by atoms with Crippen molar-refractivity contribution in [3.05, 3.63) is 36.8 Å². The van der Waals surface area contributed by atoms with Gasteiger partial charge in [0.1, 0.15) is 0 Å². The number of benzene rings is 1. The van der Waals surface area contributed by atoms with Crippen molar-refractivity contribution < 1.29 is 4.79 Å². The van der Waals surface area contributed by atoms with Gasteiger partial charge in [-0.25, -0.2) is 4.98 Å². The molecule has 5 heteroatoms. The van der Waals surface area contributed by atoms with Gasteiger partial charge < -0.3 is 16.0 Å². The van der Waals surface area contributed by atoms with E-state index in [4.69, 9.17) is 5.73 Å². The summed E-state index contributed by atoms with van der Waals surface area (Å²) in [5.74, 6) is -0.129. The molecule has 0 fully saturated rings. The highest BCUT2D eigenvalue weighted by molar-refractivity contribution is 5.92. The molecule has 5 nitrogen and oxygen atoms in total. The molecule has 1 amide bonds. The fraction of sp³-hybridized carbons (Fsp3) is 0.333. The van der Waals surface area contributed by atoms with Crippen molar-refractivity contribution in [2.75, 3.05) is 11.9 Å². The molecule has 0 spiro atoms. The minimum absolute atomic E-state index is 0.0105. The summed E-state index contributed by atoms with van der Waals surface area (Å²) < 4.78 is 0. The molecule has 0 radical (unpaired) electrons. The molecular formula is C15H20N4O. The number of hydrogen-bond donors (Lipinski definition) is 3. The number of nitrogens with zero attached hydrogens (tertiary/aromatic N) is 1. The molecule has 0 aliphatic carbocycles. The Morgan fingerprint density at radius 3 is 2.70 bits per heavy atom. The molecule has 2 aromatic rings. The number of amides is 1. The van der Waals surface area contributed by atoms with Crippen molar-refractivity contribution in [1.29, 1.82) is 0 Å². The molecule has 1 atom stereocenters. The molecule has 0 aliphatic rings. The number of aromatic amines is 1. The van der Waals surface area contributed by atoms with Gasteiger partial charge in [0.2, 0.25) is 5.91 Å². The van der Waals surface area contributed by atoms with Crippen LogP contribution in [0, 0.1) is 5.92 Å². The average Bonchev–Trinajstić information content (AvgIpc) is 2.99. The van der Waals surface area contributed by atoms with Gasteiger partial charge in [-0.2, -0.15) is 0 Å². The SMILES string of the molecule is CCCC(CN)C(=O)Nc1ccc(-c2cnc[nH]2)cc1. The van der Waals surface area contributed by atoms with Crippen LogP contribution in [0.5, 0.6) is 0 Å². The summed E-state index contributed by atoms with van der Waals surface area (Å²) in [5.41, 5.74) is 8.40. The van der Waals surface area contributed by atoms with Crippen molar-refractivity contribution in [1.82, 2.24) is 9.97 Å². The van der Waals surface area contributed by atoms with Crippen LogP contribution in [0.4, 0.5) is 5.69 Å². The first-order valence-corrected chi connectivity index (χ1v) is 6.84. The van der Waals surface area contributed by atoms with Crippen LogP contribution in [0.1, 0.15) is 19.8 Å². The first-order valence-electron chi connectivity index (χ1n) is 6.84. The third-order valence-electron chi connectivity index (χ3n) is 3.25. The molecule has 1 aromatic heterocycles. The van der Waals surface area contributed by atoms with Gasteiger partial charge in [-0.1, -0.05) is 25.5 Å². The first kappa shape index (κ1) is 14.3. The van der Waals surface area contributed by atoms with E-state index in [1.54, 1.807) is 12.5 Å². The number of aromatic nitrogens is 2. The number of nitrogens with two attached hydrogens (primary N) is 1. The lowest BCUT2D eigenvalue weighted by molar-refractivity contribution is -0.119. The summed E-state index contributed by atoms with van der Waals surface area (Å²) in [7, 11) is 0. The number of hydrogen-bond acceptors (Lipinski definition) is 3. The van der Waals surface area contributed by atoms with Crippen LogP contribution in [0.25, 0.3) is 11.3 Å². The maximum Gasteiger partial charge on any atom is 0.228 e. The molecule has 20 heavy (non-hydrogen) atoms. The second-order valence-electron chi connectivity index (χ2n) is 4.75. The Balaban J connectivity index is 2.02. The highest BCUT2D eigenvalue weighted by atomic mass is 16.1. The van der Waals surface area contributed by atoms with E-state index in [-0.39, 0.29) is 11.8 Å². The summed E-state index contributed by atoms with van der Waals surface area (Å²) in [4.78, 5) is 19.1. The quantitative estimate of drug-likeness (QED) is 0.755. The number of anilines is 1. The van der Waals surface area contributed by atoms with E-state index >= 15 is 0 Å². The second-order valence-corrected chi connectivity index (χ2v) is 4.75. The van der Waals surface area contributed by atoms with E-state index in [1.807, 2.05) is 24.3 Å². The van der Waals surface area contributed by atoms with Crippen LogP contribution < -0.4 is 11.1 Å². The number of H-pyrrole nitrogens is 1. The summed E-state index contributed by atoms with van der Waals surface area (Å²) in [6.07, 6.45) is 5.17. The first-order chi connectivity index (χ1) is 9.74. The molecule has 4 N–H and O–H groups in total. The van der Waals surface area contributed by atoms with Crippen LogP contribution >= 0.6 is 0 Å². The lowest BCUT2D eigenvalue weighted by Gasteiger charge is -2.14. The predicted octanol–water partition coefficient (Wildman–Crippen LogP) is 2.39. The Morgan fingerprint density at radius 2 is 2.15 bits per heavy atom. The van der Waals surface area contributed by atoms with Gasteiger partial charge in [-0.05, 0) is 24.1 Å². The monoisotopic (exact) mass is 272 g/mol. The maximum absolute atomic E-state index is 12.0. The Hall–Kier alpha value is -2.14. The molecule has 1 aromatic carbocycles. The molecule has 0 aliphatic heterocycles. The largest absolute Gasteiger partial charge is 0.345 e. The molecule has 106 valence electrons. The van der Waals surface area contributed by atoms with Crippen LogP contribution in [-0.4, -0.2) is 22.4 Å². The molecule has 2 rings (SSSR count). The Kier molecular flexibility index (Phi) is 4.90. The lowest BCUT2D eigenvalue weighted by Crippen LogP contribution is -2.29. The van der Waals surface area contributed by atoms with Crippen molar-refractivity contribution in [2.24, 2.45) is 11.7 Å². The summed E-state index contributed by atoms with van der Waals surface area (Å²) in [6, 6.07) is 7.65. The maximum atomic E-state index is 12.0. The second kappa shape index (κ2) is 6.86. The third-order valence-corrected chi connectivity index (χ3v) is 3.25. The zero-order valence-corrected chi connectivity index (χ0v) is 11.6. The van der Waals surface area contributed by atoms with Crippen LogP contribution in [-0.2, 0) is 4.79 Å². The Labute approximate surface area is 118 Å². The van der Waals surface area contributed by atoms with E-state index in [0.29, 0.717) is 6.54 Å². The fourth-order valence-corrected chi connectivity index (χ4v) is 2.10. The standard InChI is InChI=1S/C15H20N4O/c1-2-3-12(8-16)15(20)19-13-6-4-11(5-7-13)14-9-17-10-18-14/h4-7,9-10,12H,2-3,8,16H2,1H3,(H,17,18)(H,19,20). The van der Waals surface area contributed by atoms with Crippen LogP contribution in [0.2, 0.25) is 0 Å². The summed E-state index contributed by atoms with van der Waals surface area (Å²) in [6.45, 7) is 2.43. The molecule has 0 saturated heterocycles. The Morgan fingerprint density at radius 1 is 1.40 bits per heavy atom. The number of nitrogens with one attached hydrogen (secondary N) is 2. The van der Waals surface area contributed by atoms with Crippen molar-refractivity contribution in [3.63, 3.8) is 0 Å². The highest BCUT2D eigenvalue weighted by Gasteiger charge is 2.15. The van der Waals surface area contributed by atoms with Crippen molar-refractivity contribution >= 4 is 11.6 Å². The van der Waals surface area contributed by atoms with Gasteiger partial charge in [0.15, 0.2) is 0 Å². The average molecular weight is 272 g/mol. The van der Waals surface area contributed by atoms with E-state index in [2.05, 4.69) is 22.2 Å². The number of rotatable bonds is 6. The summed E-state index contributed by atoms with van der Waals surface area (Å²) in [5, 5.41) is 2.91. The zero-order valence-electron chi connectivity index (χ0n) is 11.6. The predicted molar refractivity (Wildman–Crippen MR) is 80.1 cm³/mol. The van der Waals surface area contributed by atoms with Crippen LogP contribution in [0.15, 0.2) is 36.8 Å². The normalized spacial score (nSPS) is 12.1. The van der Waals surface area contributed by atoms with Gasteiger partial charge in [0.25, 0.3) is 0 Å². The van der Waals surface area contributed by atoms with E-state index in [9.17, 15) is 4.79 Å². The van der Waals surface area contributed by atoms with Crippen molar-refractivity contribution in [2.45, 2.75) is 19.8 Å². The smallest absolute Gasteiger partial charge is 0.228 e. The molecule has 1 heterocycles. The molecular weight excluding hydrogens is 252 g/mol. The third kappa shape index (κ3) is 3.45. The number of carbonyl (C=O) groups is 1. The van der Waals surface area contributed by atoms with Crippen molar-refractivity contribution in [3.8, 4) is 11.3 Å². The van der Waals surface area contributed by atoms with Gasteiger partial charge in [0, 0.05) is 12.2 Å². The molecule has 0 bridgehead atoms. The topological polar surface area (TPSA) is 83.8 Å². The lowest BCUT2D eigenvalue weighted by atomic mass is 10.0. The minimum Gasteiger partial charge on any atom is -0.345 e. The number of imidazole rings is 1. The number of carbonyl (C=O) groups excluding carboxylic acids is 1. The van der Waals surface area contributed by atoms with E-state index < -0.39 is 0 Å². The molecule has 1 unspecified atom stereocenters. The van der Waals surface area contributed by atoms with Crippen LogP contribution in [0.3, 0.4) is 0 Å². The van der Waals surface area contributed by atoms with E-state index in [1.165, 1.54) is 0 Å².